The van der Waals surface area contributed by atoms with Crippen LogP contribution in [0.2, 0.25) is 0 Å². The van der Waals surface area contributed by atoms with Crippen molar-refractivity contribution in [3.63, 3.8) is 0 Å². The SMILES string of the molecule is CC(C)(C)OC(=O)NCC(O)[CH]F. The molecule has 5 heteroatoms. The summed E-state index contributed by atoms with van der Waals surface area (Å²) in [6, 6.07) is 0. The van der Waals surface area contributed by atoms with Crippen molar-refractivity contribution in [3.05, 3.63) is 6.67 Å². The number of hydrogen-bond acceptors (Lipinski definition) is 3. The third kappa shape index (κ3) is 7.52. The molecule has 0 aromatic rings. The van der Waals surface area contributed by atoms with Gasteiger partial charge in [-0.25, -0.2) is 9.18 Å². The molecule has 0 saturated carbocycles. The van der Waals surface area contributed by atoms with E-state index in [1.807, 2.05) is 0 Å². The van der Waals surface area contributed by atoms with Gasteiger partial charge in [-0.3, -0.25) is 0 Å². The molecule has 4 nitrogen and oxygen atoms in total. The summed E-state index contributed by atoms with van der Waals surface area (Å²) in [7, 11) is 0. The monoisotopic (exact) mass is 192 g/mol. The molecule has 1 amide bonds. The molecule has 77 valence electrons. The Bertz CT molecular complexity index is 167. The first-order valence-corrected chi connectivity index (χ1v) is 3.93. The van der Waals surface area contributed by atoms with Crippen LogP contribution in [-0.2, 0) is 4.74 Å². The first kappa shape index (κ1) is 12.2. The van der Waals surface area contributed by atoms with Gasteiger partial charge in [0.05, 0.1) is 0 Å². The second-order valence-corrected chi connectivity index (χ2v) is 3.58. The molecule has 0 aliphatic heterocycles. The lowest BCUT2D eigenvalue weighted by atomic mass is 10.2. The topological polar surface area (TPSA) is 58.6 Å². The van der Waals surface area contributed by atoms with E-state index >= 15 is 0 Å². The first-order valence-electron chi connectivity index (χ1n) is 3.93. The van der Waals surface area contributed by atoms with E-state index in [0.29, 0.717) is 0 Å². The van der Waals surface area contributed by atoms with Gasteiger partial charge in [0.25, 0.3) is 0 Å². The van der Waals surface area contributed by atoms with Crippen LogP contribution in [0.15, 0.2) is 0 Å². The van der Waals surface area contributed by atoms with E-state index < -0.39 is 17.8 Å². The van der Waals surface area contributed by atoms with Gasteiger partial charge in [-0.1, -0.05) is 0 Å². The molecule has 1 radical (unpaired) electrons. The summed E-state index contributed by atoms with van der Waals surface area (Å²) in [5.41, 5.74) is -0.589. The number of carbonyl (C=O) groups is 1. The summed E-state index contributed by atoms with van der Waals surface area (Å²) >= 11 is 0. The van der Waals surface area contributed by atoms with Crippen LogP contribution in [0.4, 0.5) is 9.18 Å². The third-order valence-corrected chi connectivity index (χ3v) is 1.000. The minimum atomic E-state index is -1.28. The summed E-state index contributed by atoms with van der Waals surface area (Å²) in [6.45, 7) is 5.04. The van der Waals surface area contributed by atoms with Gasteiger partial charge in [0.15, 0.2) is 6.67 Å². The maximum absolute atomic E-state index is 11.6. The van der Waals surface area contributed by atoms with Crippen molar-refractivity contribution >= 4 is 6.09 Å². The molecule has 0 aliphatic carbocycles. The smallest absolute Gasteiger partial charge is 0.407 e. The minimum Gasteiger partial charge on any atom is -0.444 e. The Labute approximate surface area is 77.1 Å². The molecule has 2 N–H and O–H groups in total. The fraction of sp³-hybridized carbons (Fsp3) is 0.750. The number of rotatable bonds is 3. The van der Waals surface area contributed by atoms with E-state index in [1.54, 1.807) is 20.8 Å². The summed E-state index contributed by atoms with van der Waals surface area (Å²) in [5, 5.41) is 10.9. The Morgan fingerprint density at radius 1 is 1.69 bits per heavy atom. The number of alkyl carbamates (subject to hydrolysis) is 1. The fourth-order valence-corrected chi connectivity index (χ4v) is 0.547. The Kier molecular flexibility index (Phi) is 4.69. The molecule has 0 aromatic heterocycles. The number of hydrogen-bond donors (Lipinski definition) is 2. The zero-order chi connectivity index (χ0) is 10.5. The zero-order valence-electron chi connectivity index (χ0n) is 8.00. The van der Waals surface area contributed by atoms with Crippen molar-refractivity contribution in [3.8, 4) is 0 Å². The zero-order valence-corrected chi connectivity index (χ0v) is 8.00. The lowest BCUT2D eigenvalue weighted by molar-refractivity contribution is 0.0495. The second kappa shape index (κ2) is 5.01. The van der Waals surface area contributed by atoms with Crippen molar-refractivity contribution in [2.24, 2.45) is 0 Å². The molecule has 0 aromatic carbocycles. The Morgan fingerprint density at radius 3 is 2.62 bits per heavy atom. The van der Waals surface area contributed by atoms with Crippen LogP contribution in [0.5, 0.6) is 0 Å². The van der Waals surface area contributed by atoms with E-state index in [0.717, 1.165) is 0 Å². The number of ether oxygens (including phenoxy) is 1. The molecule has 0 saturated heterocycles. The maximum atomic E-state index is 11.6. The number of carbonyl (C=O) groups excluding carboxylic acids is 1. The maximum Gasteiger partial charge on any atom is 0.407 e. The number of nitrogens with one attached hydrogen (secondary N) is 1. The van der Waals surface area contributed by atoms with Crippen molar-refractivity contribution in [1.82, 2.24) is 5.32 Å². The molecular formula is C8H15FNO3. The lowest BCUT2D eigenvalue weighted by Crippen LogP contribution is -2.36. The first-order chi connectivity index (χ1) is 5.85. The summed E-state index contributed by atoms with van der Waals surface area (Å²) in [6.07, 6.45) is -1.96. The highest BCUT2D eigenvalue weighted by molar-refractivity contribution is 5.67. The molecule has 13 heavy (non-hydrogen) atoms. The molecule has 1 atom stereocenters. The molecule has 0 rings (SSSR count). The molecule has 0 spiro atoms. The third-order valence-electron chi connectivity index (χ3n) is 1.000. The van der Waals surface area contributed by atoms with Crippen LogP contribution in [0.25, 0.3) is 0 Å². The number of aliphatic hydroxyl groups excluding tert-OH is 1. The fourth-order valence-electron chi connectivity index (χ4n) is 0.547. The lowest BCUT2D eigenvalue weighted by Gasteiger charge is -2.20. The van der Waals surface area contributed by atoms with Gasteiger partial charge in [0, 0.05) is 6.54 Å². The van der Waals surface area contributed by atoms with Gasteiger partial charge in [-0.2, -0.15) is 0 Å². The predicted molar refractivity (Wildman–Crippen MR) is 45.7 cm³/mol. The molecule has 0 aliphatic rings. The molecule has 0 bridgehead atoms. The Balaban J connectivity index is 3.64. The van der Waals surface area contributed by atoms with E-state index in [9.17, 15) is 9.18 Å². The summed E-state index contributed by atoms with van der Waals surface area (Å²) in [5.74, 6) is 0. The van der Waals surface area contributed by atoms with Crippen LogP contribution in [0.1, 0.15) is 20.8 Å². The minimum absolute atomic E-state index is 0.0946. The van der Waals surface area contributed by atoms with Crippen LogP contribution in [-0.4, -0.2) is 29.4 Å². The Morgan fingerprint density at radius 2 is 2.23 bits per heavy atom. The largest absolute Gasteiger partial charge is 0.444 e. The van der Waals surface area contributed by atoms with Crippen LogP contribution >= 0.6 is 0 Å². The molecule has 0 fully saturated rings. The molecular weight excluding hydrogens is 177 g/mol. The Hall–Kier alpha value is -0.840. The van der Waals surface area contributed by atoms with E-state index in [2.05, 4.69) is 5.32 Å². The highest BCUT2D eigenvalue weighted by Gasteiger charge is 2.16. The van der Waals surface area contributed by atoms with Gasteiger partial charge in [0.1, 0.15) is 11.7 Å². The van der Waals surface area contributed by atoms with Crippen LogP contribution in [0, 0.1) is 6.67 Å². The van der Waals surface area contributed by atoms with Gasteiger partial charge < -0.3 is 15.2 Å². The number of amides is 1. The average Bonchev–Trinajstić information content (AvgIpc) is 1.97. The summed E-state index contributed by atoms with van der Waals surface area (Å²) in [4.78, 5) is 10.9. The van der Waals surface area contributed by atoms with E-state index in [1.165, 1.54) is 0 Å². The van der Waals surface area contributed by atoms with Crippen LogP contribution < -0.4 is 5.32 Å². The summed E-state index contributed by atoms with van der Waals surface area (Å²) < 4.78 is 16.4. The normalized spacial score (nSPS) is 13.6. The van der Waals surface area contributed by atoms with Crippen molar-refractivity contribution in [1.29, 1.82) is 0 Å². The van der Waals surface area contributed by atoms with Gasteiger partial charge in [0.2, 0.25) is 0 Å². The average molecular weight is 192 g/mol. The highest BCUT2D eigenvalue weighted by Crippen LogP contribution is 2.06. The number of aliphatic hydroxyl groups is 1. The molecule has 1 unspecified atom stereocenters. The van der Waals surface area contributed by atoms with Crippen molar-refractivity contribution in [2.75, 3.05) is 6.54 Å². The number of halogens is 1. The quantitative estimate of drug-likeness (QED) is 0.701. The molecule has 0 heterocycles. The van der Waals surface area contributed by atoms with Crippen LogP contribution in [0.3, 0.4) is 0 Å². The van der Waals surface area contributed by atoms with E-state index in [-0.39, 0.29) is 13.2 Å². The predicted octanol–water partition coefficient (Wildman–Crippen LogP) is 1.00. The van der Waals surface area contributed by atoms with Crippen molar-refractivity contribution < 1.29 is 19.0 Å². The van der Waals surface area contributed by atoms with Gasteiger partial charge in [-0.15, -0.1) is 0 Å². The van der Waals surface area contributed by atoms with Gasteiger partial charge >= 0.3 is 6.09 Å². The van der Waals surface area contributed by atoms with E-state index in [4.69, 9.17) is 9.84 Å². The van der Waals surface area contributed by atoms with Crippen molar-refractivity contribution in [2.45, 2.75) is 32.5 Å². The second-order valence-electron chi connectivity index (χ2n) is 3.58. The van der Waals surface area contributed by atoms with Gasteiger partial charge in [-0.05, 0) is 20.8 Å². The highest BCUT2D eigenvalue weighted by atomic mass is 19.1. The standard InChI is InChI=1S/C8H15FNO3/c1-8(2,3)13-7(12)10-5-6(11)4-9/h4,6,11H,5H2,1-3H3,(H,10,12).